The second-order valence-corrected chi connectivity index (χ2v) is 8.59. The van der Waals surface area contributed by atoms with Crippen LogP contribution in [0, 0.1) is 5.82 Å². The van der Waals surface area contributed by atoms with Crippen LogP contribution < -0.4 is 0 Å². The number of halogens is 1. The number of aliphatic hydroxyl groups is 1. The molecule has 0 saturated carbocycles. The van der Waals surface area contributed by atoms with E-state index in [1.165, 1.54) is 23.3 Å². The third kappa shape index (κ3) is 6.26. The van der Waals surface area contributed by atoms with Crippen LogP contribution in [-0.4, -0.2) is 35.7 Å². The summed E-state index contributed by atoms with van der Waals surface area (Å²) in [6.45, 7) is 2.98. The Labute approximate surface area is 190 Å². The molecule has 1 N–H and O–H groups in total. The summed E-state index contributed by atoms with van der Waals surface area (Å²) in [5.41, 5.74) is 3.16. The van der Waals surface area contributed by atoms with Crippen molar-refractivity contribution in [1.29, 1.82) is 0 Å². The molecule has 0 spiro atoms. The van der Waals surface area contributed by atoms with E-state index in [1.807, 2.05) is 12.1 Å². The molecule has 1 saturated heterocycles. The molecular formula is C28H32FNO2. The summed E-state index contributed by atoms with van der Waals surface area (Å²) in [6, 6.07) is 27.0. The predicted octanol–water partition coefficient (Wildman–Crippen LogP) is 5.91. The van der Waals surface area contributed by atoms with E-state index >= 15 is 0 Å². The van der Waals surface area contributed by atoms with Crippen LogP contribution in [0.15, 0.2) is 84.9 Å². The molecule has 3 aromatic carbocycles. The summed E-state index contributed by atoms with van der Waals surface area (Å²) in [6.07, 6.45) is 3.29. The van der Waals surface area contributed by atoms with Gasteiger partial charge in [-0.25, -0.2) is 4.39 Å². The summed E-state index contributed by atoms with van der Waals surface area (Å²) in [4.78, 5) is 2.46. The minimum atomic E-state index is -0.533. The third-order valence-corrected chi connectivity index (χ3v) is 6.27. The van der Waals surface area contributed by atoms with Crippen LogP contribution in [-0.2, 0) is 4.74 Å². The zero-order chi connectivity index (χ0) is 22.2. The molecule has 1 fully saturated rings. The number of hydrogen-bond donors (Lipinski definition) is 1. The molecule has 168 valence electrons. The second-order valence-electron chi connectivity index (χ2n) is 8.59. The Morgan fingerprint density at radius 1 is 0.812 bits per heavy atom. The molecule has 1 atom stereocenters. The standard InChI is InChI=1S/C28H32FNO2/c29-25-15-13-22(14-16-25)27(31)12-7-19-30-20-17-26(18-21-30)32-28(23-8-3-1-4-9-23)24-10-5-2-6-11-24/h1-6,8-11,13-16,26-28,31H,7,12,17-21H2. The van der Waals surface area contributed by atoms with Crippen LogP contribution >= 0.6 is 0 Å². The van der Waals surface area contributed by atoms with Crippen molar-refractivity contribution in [3.8, 4) is 0 Å². The Kier molecular flexibility index (Phi) is 8.05. The number of benzene rings is 3. The van der Waals surface area contributed by atoms with Crippen molar-refractivity contribution in [3.63, 3.8) is 0 Å². The van der Waals surface area contributed by atoms with Gasteiger partial charge >= 0.3 is 0 Å². The van der Waals surface area contributed by atoms with E-state index in [4.69, 9.17) is 4.74 Å². The first-order valence-electron chi connectivity index (χ1n) is 11.6. The SMILES string of the molecule is OC(CCCN1CCC(OC(c2ccccc2)c2ccccc2)CC1)c1ccc(F)cc1. The van der Waals surface area contributed by atoms with Crippen molar-refractivity contribution in [2.24, 2.45) is 0 Å². The lowest BCUT2D eigenvalue weighted by molar-refractivity contribution is -0.0274. The molecular weight excluding hydrogens is 401 g/mol. The Morgan fingerprint density at radius 3 is 1.94 bits per heavy atom. The molecule has 1 heterocycles. The maximum atomic E-state index is 13.1. The van der Waals surface area contributed by atoms with E-state index < -0.39 is 6.10 Å². The molecule has 0 bridgehead atoms. The maximum absolute atomic E-state index is 13.1. The Bertz CT molecular complexity index is 885. The van der Waals surface area contributed by atoms with Gasteiger partial charge in [0.2, 0.25) is 0 Å². The van der Waals surface area contributed by atoms with Crippen LogP contribution in [0.25, 0.3) is 0 Å². The number of likely N-dealkylation sites (tertiary alicyclic amines) is 1. The number of nitrogens with zero attached hydrogens (tertiary/aromatic N) is 1. The smallest absolute Gasteiger partial charge is 0.123 e. The Balaban J connectivity index is 1.25. The molecule has 0 radical (unpaired) electrons. The molecule has 1 unspecified atom stereocenters. The lowest BCUT2D eigenvalue weighted by Crippen LogP contribution is -2.38. The van der Waals surface area contributed by atoms with Crippen LogP contribution in [0.2, 0.25) is 0 Å². The molecule has 32 heavy (non-hydrogen) atoms. The van der Waals surface area contributed by atoms with Gasteiger partial charge in [0.1, 0.15) is 11.9 Å². The number of aliphatic hydroxyl groups excluding tert-OH is 1. The topological polar surface area (TPSA) is 32.7 Å². The zero-order valence-electron chi connectivity index (χ0n) is 18.4. The largest absolute Gasteiger partial charge is 0.388 e. The number of ether oxygens (including phenoxy) is 1. The molecule has 0 aliphatic carbocycles. The Hall–Kier alpha value is -2.53. The van der Waals surface area contributed by atoms with Crippen molar-refractivity contribution in [3.05, 3.63) is 107 Å². The van der Waals surface area contributed by atoms with Crippen molar-refractivity contribution >= 4 is 0 Å². The monoisotopic (exact) mass is 433 g/mol. The van der Waals surface area contributed by atoms with Crippen molar-refractivity contribution in [2.75, 3.05) is 19.6 Å². The van der Waals surface area contributed by atoms with Gasteiger partial charge in [-0.05, 0) is 61.1 Å². The third-order valence-electron chi connectivity index (χ3n) is 6.27. The van der Waals surface area contributed by atoms with E-state index in [-0.39, 0.29) is 18.0 Å². The maximum Gasteiger partial charge on any atom is 0.123 e. The highest BCUT2D eigenvalue weighted by Crippen LogP contribution is 2.30. The first-order chi connectivity index (χ1) is 15.7. The molecule has 3 aromatic rings. The normalized spacial score (nSPS) is 16.3. The highest BCUT2D eigenvalue weighted by molar-refractivity contribution is 5.30. The molecule has 1 aliphatic rings. The van der Waals surface area contributed by atoms with Gasteiger partial charge in [0.25, 0.3) is 0 Å². The predicted molar refractivity (Wildman–Crippen MR) is 126 cm³/mol. The lowest BCUT2D eigenvalue weighted by Gasteiger charge is -2.34. The van der Waals surface area contributed by atoms with Gasteiger partial charge in [0, 0.05) is 13.1 Å². The number of hydrogen-bond acceptors (Lipinski definition) is 3. The van der Waals surface area contributed by atoms with Crippen molar-refractivity contribution in [1.82, 2.24) is 4.90 Å². The van der Waals surface area contributed by atoms with Gasteiger partial charge in [-0.1, -0.05) is 72.8 Å². The second kappa shape index (κ2) is 11.4. The number of rotatable bonds is 9. The minimum Gasteiger partial charge on any atom is -0.388 e. The van der Waals surface area contributed by atoms with Gasteiger partial charge in [-0.15, -0.1) is 0 Å². The highest BCUT2D eigenvalue weighted by atomic mass is 19.1. The van der Waals surface area contributed by atoms with E-state index in [1.54, 1.807) is 12.1 Å². The highest BCUT2D eigenvalue weighted by Gasteiger charge is 2.24. The van der Waals surface area contributed by atoms with E-state index in [0.29, 0.717) is 6.42 Å². The quantitative estimate of drug-likeness (QED) is 0.455. The summed E-state index contributed by atoms with van der Waals surface area (Å²) >= 11 is 0. The van der Waals surface area contributed by atoms with Crippen LogP contribution in [0.4, 0.5) is 4.39 Å². The average Bonchev–Trinajstić information content (AvgIpc) is 2.85. The zero-order valence-corrected chi connectivity index (χ0v) is 18.4. The fraction of sp³-hybridized carbons (Fsp3) is 0.357. The summed E-state index contributed by atoms with van der Waals surface area (Å²) in [5.74, 6) is -0.271. The van der Waals surface area contributed by atoms with E-state index in [2.05, 4.69) is 53.4 Å². The van der Waals surface area contributed by atoms with Crippen LogP contribution in [0.1, 0.15) is 54.6 Å². The summed E-state index contributed by atoms with van der Waals surface area (Å²) < 4.78 is 19.7. The molecule has 3 nitrogen and oxygen atoms in total. The number of piperidine rings is 1. The Morgan fingerprint density at radius 2 is 1.38 bits per heavy atom. The molecule has 0 amide bonds. The average molecular weight is 434 g/mol. The molecule has 4 rings (SSSR count). The molecule has 4 heteroatoms. The van der Waals surface area contributed by atoms with Crippen LogP contribution in [0.5, 0.6) is 0 Å². The summed E-state index contributed by atoms with van der Waals surface area (Å²) in [5, 5.41) is 10.3. The minimum absolute atomic E-state index is 0.0418. The van der Waals surface area contributed by atoms with Crippen molar-refractivity contribution in [2.45, 2.75) is 44.0 Å². The van der Waals surface area contributed by atoms with Gasteiger partial charge in [-0.3, -0.25) is 0 Å². The van der Waals surface area contributed by atoms with Gasteiger partial charge in [0.05, 0.1) is 12.2 Å². The fourth-order valence-corrected chi connectivity index (χ4v) is 4.43. The van der Waals surface area contributed by atoms with E-state index in [9.17, 15) is 9.50 Å². The summed E-state index contributed by atoms with van der Waals surface area (Å²) in [7, 11) is 0. The van der Waals surface area contributed by atoms with Gasteiger partial charge < -0.3 is 14.7 Å². The first-order valence-corrected chi connectivity index (χ1v) is 11.6. The first kappa shape index (κ1) is 22.7. The molecule has 0 aromatic heterocycles. The van der Waals surface area contributed by atoms with Crippen LogP contribution in [0.3, 0.4) is 0 Å². The van der Waals surface area contributed by atoms with Gasteiger partial charge in [0.15, 0.2) is 0 Å². The molecule has 1 aliphatic heterocycles. The van der Waals surface area contributed by atoms with Gasteiger partial charge in [-0.2, -0.15) is 0 Å². The lowest BCUT2D eigenvalue weighted by atomic mass is 10.00. The van der Waals surface area contributed by atoms with E-state index in [0.717, 1.165) is 44.5 Å². The fourth-order valence-electron chi connectivity index (χ4n) is 4.43. The van der Waals surface area contributed by atoms with Crippen molar-refractivity contribution < 1.29 is 14.2 Å².